The Morgan fingerprint density at radius 2 is 1.96 bits per heavy atom. The maximum absolute atomic E-state index is 12.8. The first-order valence-electron chi connectivity index (χ1n) is 8.19. The third kappa shape index (κ3) is 3.79. The predicted octanol–water partition coefficient (Wildman–Crippen LogP) is 2.01. The van der Waals surface area contributed by atoms with Gasteiger partial charge < -0.3 is 24.9 Å². The number of fused-ring (bicyclic) bond motifs is 1. The van der Waals surface area contributed by atoms with Crippen molar-refractivity contribution < 1.29 is 19.4 Å². The van der Waals surface area contributed by atoms with Crippen LogP contribution in [0.2, 0.25) is 0 Å². The number of anilines is 1. The Morgan fingerprint density at radius 1 is 1.26 bits per heavy atom. The fourth-order valence-corrected chi connectivity index (χ4v) is 3.33. The molecular weight excluding hydrogens is 370 g/mol. The van der Waals surface area contributed by atoms with Crippen LogP contribution < -0.4 is 10.9 Å². The van der Waals surface area contributed by atoms with Crippen LogP contribution in [0.15, 0.2) is 41.3 Å². The second-order valence-corrected chi connectivity index (χ2v) is 6.46. The summed E-state index contributed by atoms with van der Waals surface area (Å²) in [5.41, 5.74) is 0.928. The number of aromatic nitrogens is 2. The van der Waals surface area contributed by atoms with Gasteiger partial charge in [0.1, 0.15) is 24.1 Å². The molecule has 0 aliphatic carbocycles. The van der Waals surface area contributed by atoms with Crippen molar-refractivity contribution >= 4 is 24.0 Å². The van der Waals surface area contributed by atoms with Crippen LogP contribution in [0, 0.1) is 10.7 Å². The third-order valence-electron chi connectivity index (χ3n) is 4.32. The number of hydrogen-bond donors (Lipinski definition) is 4. The molecule has 2 atom stereocenters. The van der Waals surface area contributed by atoms with Gasteiger partial charge in [-0.1, -0.05) is 18.7 Å². The quantitative estimate of drug-likeness (QED) is 0.351. The van der Waals surface area contributed by atoms with Gasteiger partial charge in [0.25, 0.3) is 5.56 Å². The molecule has 1 aliphatic rings. The topological polar surface area (TPSA) is 116 Å². The van der Waals surface area contributed by atoms with E-state index in [1.807, 2.05) is 0 Å². The van der Waals surface area contributed by atoms with Crippen LogP contribution >= 0.6 is 12.2 Å². The highest BCUT2D eigenvalue weighted by Gasteiger charge is 2.41. The summed E-state index contributed by atoms with van der Waals surface area (Å²) in [4.78, 5) is 30.8. The molecule has 1 aromatic carbocycles. The van der Waals surface area contributed by atoms with Gasteiger partial charge in [0.2, 0.25) is 0 Å². The summed E-state index contributed by atoms with van der Waals surface area (Å²) >= 11 is 5.03. The Hall–Kier alpha value is -2.91. The fraction of sp³-hybridized carbons (Fsp3) is 0.278. The lowest BCUT2D eigenvalue weighted by atomic mass is 9.77. The minimum atomic E-state index is -0.843. The molecule has 0 spiro atoms. The molecule has 9 heteroatoms. The zero-order valence-electron chi connectivity index (χ0n) is 14.6. The SMILES string of the molecule is C=C1Nc2[nH]c(=S)[nH]c(=O)c2[C@H](c2ccc(O)cc2)[C@H]1C(=O)OCCOC. The maximum atomic E-state index is 12.8. The summed E-state index contributed by atoms with van der Waals surface area (Å²) in [6.45, 7) is 4.28. The molecule has 0 saturated carbocycles. The lowest BCUT2D eigenvalue weighted by molar-refractivity contribution is -0.148. The Labute approximate surface area is 159 Å². The summed E-state index contributed by atoms with van der Waals surface area (Å²) in [7, 11) is 1.51. The van der Waals surface area contributed by atoms with Crippen LogP contribution in [0.5, 0.6) is 5.75 Å². The zero-order chi connectivity index (χ0) is 19.6. The standard InChI is InChI=1S/C18H19N3O5S/c1-9-12(17(24)26-8-7-25-2)13(10-3-5-11(22)6-4-10)14-15(19-9)20-18(27)21-16(14)23/h3-6,12-13,22H,1,7-8H2,2H3,(H3,19,20,21,23,27)/t12-,13+/m0/s1. The molecule has 2 aromatic rings. The first kappa shape index (κ1) is 18.9. The molecule has 0 bridgehead atoms. The number of methoxy groups -OCH3 is 1. The summed E-state index contributed by atoms with van der Waals surface area (Å²) in [6.07, 6.45) is 0. The zero-order valence-corrected chi connectivity index (χ0v) is 15.4. The number of ether oxygens (including phenoxy) is 2. The lowest BCUT2D eigenvalue weighted by Gasteiger charge is -2.33. The van der Waals surface area contributed by atoms with E-state index >= 15 is 0 Å². The smallest absolute Gasteiger partial charge is 0.315 e. The number of H-pyrrole nitrogens is 2. The van der Waals surface area contributed by atoms with Crippen LogP contribution in [-0.2, 0) is 14.3 Å². The number of aromatic amines is 2. The van der Waals surface area contributed by atoms with Crippen molar-refractivity contribution in [2.24, 2.45) is 5.92 Å². The number of benzene rings is 1. The molecule has 0 amide bonds. The summed E-state index contributed by atoms with van der Waals surface area (Å²) < 4.78 is 10.4. The number of esters is 1. The monoisotopic (exact) mass is 389 g/mol. The Morgan fingerprint density at radius 3 is 2.63 bits per heavy atom. The van der Waals surface area contributed by atoms with Gasteiger partial charge >= 0.3 is 5.97 Å². The molecule has 1 aliphatic heterocycles. The fourth-order valence-electron chi connectivity index (χ4n) is 3.13. The second kappa shape index (κ2) is 7.77. The van der Waals surface area contributed by atoms with Gasteiger partial charge in [-0.3, -0.25) is 14.6 Å². The molecule has 0 fully saturated rings. The average molecular weight is 389 g/mol. The van der Waals surface area contributed by atoms with Crippen LogP contribution in [0.4, 0.5) is 5.82 Å². The van der Waals surface area contributed by atoms with Crippen molar-refractivity contribution in [3.8, 4) is 5.75 Å². The van der Waals surface area contributed by atoms with Gasteiger partial charge in [0.05, 0.1) is 12.2 Å². The van der Waals surface area contributed by atoms with Crippen molar-refractivity contribution in [1.82, 2.24) is 9.97 Å². The third-order valence-corrected chi connectivity index (χ3v) is 4.53. The van der Waals surface area contributed by atoms with Gasteiger partial charge in [-0.05, 0) is 29.9 Å². The largest absolute Gasteiger partial charge is 0.508 e. The summed E-state index contributed by atoms with van der Waals surface area (Å²) in [6, 6.07) is 6.29. The molecular formula is C18H19N3O5S. The minimum Gasteiger partial charge on any atom is -0.508 e. The second-order valence-electron chi connectivity index (χ2n) is 6.05. The van der Waals surface area contributed by atoms with E-state index in [9.17, 15) is 14.7 Å². The van der Waals surface area contributed by atoms with Gasteiger partial charge in [-0.25, -0.2) is 0 Å². The Bertz CT molecular complexity index is 980. The average Bonchev–Trinajstić information content (AvgIpc) is 2.61. The van der Waals surface area contributed by atoms with E-state index in [4.69, 9.17) is 21.7 Å². The van der Waals surface area contributed by atoms with Crippen molar-refractivity contribution in [2.75, 3.05) is 25.6 Å². The number of carbonyl (C=O) groups is 1. The van der Waals surface area contributed by atoms with Crippen LogP contribution in [0.25, 0.3) is 0 Å². The highest BCUT2D eigenvalue weighted by molar-refractivity contribution is 7.71. The van der Waals surface area contributed by atoms with Gasteiger partial charge in [0.15, 0.2) is 4.77 Å². The first-order valence-corrected chi connectivity index (χ1v) is 8.60. The van der Waals surface area contributed by atoms with Crippen LogP contribution in [-0.4, -0.2) is 41.4 Å². The molecule has 8 nitrogen and oxygen atoms in total. The molecule has 0 unspecified atom stereocenters. The van der Waals surface area contributed by atoms with Crippen molar-refractivity contribution in [3.63, 3.8) is 0 Å². The van der Waals surface area contributed by atoms with E-state index in [-0.39, 0.29) is 23.7 Å². The molecule has 1 aromatic heterocycles. The number of aromatic hydroxyl groups is 1. The van der Waals surface area contributed by atoms with Crippen molar-refractivity contribution in [3.05, 3.63) is 62.8 Å². The highest BCUT2D eigenvalue weighted by atomic mass is 32.1. The summed E-state index contributed by atoms with van der Waals surface area (Å²) in [5, 5.41) is 12.5. The van der Waals surface area contributed by atoms with E-state index in [0.717, 1.165) is 0 Å². The molecule has 27 heavy (non-hydrogen) atoms. The van der Waals surface area contributed by atoms with E-state index in [2.05, 4.69) is 21.9 Å². The first-order chi connectivity index (χ1) is 12.9. The van der Waals surface area contributed by atoms with Gasteiger partial charge in [-0.15, -0.1) is 0 Å². The predicted molar refractivity (Wildman–Crippen MR) is 101 cm³/mol. The number of nitrogens with one attached hydrogen (secondary N) is 3. The van der Waals surface area contributed by atoms with E-state index in [1.54, 1.807) is 12.1 Å². The lowest BCUT2D eigenvalue weighted by Crippen LogP contribution is -2.38. The molecule has 2 heterocycles. The minimum absolute atomic E-state index is 0.0762. The summed E-state index contributed by atoms with van der Waals surface area (Å²) in [5.74, 6) is -1.58. The number of hydrogen-bond acceptors (Lipinski definition) is 7. The number of rotatable bonds is 5. The Balaban J connectivity index is 2.12. The Kier molecular flexibility index (Phi) is 5.43. The molecule has 3 rings (SSSR count). The number of phenolic OH excluding ortho intramolecular Hbond substituents is 1. The molecule has 142 valence electrons. The van der Waals surface area contributed by atoms with E-state index < -0.39 is 23.4 Å². The molecule has 0 radical (unpaired) electrons. The number of phenols is 1. The maximum Gasteiger partial charge on any atom is 0.315 e. The van der Waals surface area contributed by atoms with Crippen LogP contribution in [0.3, 0.4) is 0 Å². The van der Waals surface area contributed by atoms with E-state index in [1.165, 1.54) is 19.2 Å². The van der Waals surface area contributed by atoms with Crippen molar-refractivity contribution in [2.45, 2.75) is 5.92 Å². The van der Waals surface area contributed by atoms with Crippen LogP contribution in [0.1, 0.15) is 17.0 Å². The highest BCUT2D eigenvalue weighted by Crippen LogP contribution is 2.42. The number of carbonyl (C=O) groups excluding carboxylic acids is 1. The normalized spacial score (nSPS) is 18.5. The molecule has 4 N–H and O–H groups in total. The van der Waals surface area contributed by atoms with Gasteiger partial charge in [-0.2, -0.15) is 0 Å². The van der Waals surface area contributed by atoms with E-state index in [0.29, 0.717) is 22.6 Å². The molecule has 0 saturated heterocycles. The van der Waals surface area contributed by atoms with Crippen molar-refractivity contribution in [1.29, 1.82) is 0 Å². The van der Waals surface area contributed by atoms with Gasteiger partial charge in [0, 0.05) is 18.7 Å².